The topological polar surface area (TPSA) is 24.9 Å². The molecule has 1 unspecified atom stereocenters. The van der Waals surface area contributed by atoms with Crippen molar-refractivity contribution in [3.8, 4) is 0 Å². The first kappa shape index (κ1) is 14.6. The summed E-state index contributed by atoms with van der Waals surface area (Å²) in [5.74, 6) is -1.61. The molecule has 0 saturated heterocycles. The van der Waals surface area contributed by atoms with Gasteiger partial charge in [0.05, 0.1) is 0 Å². The molecule has 0 aliphatic carbocycles. The van der Waals surface area contributed by atoms with Crippen molar-refractivity contribution in [3.63, 3.8) is 0 Å². The first-order valence-electron chi connectivity index (χ1n) is 6.70. The molecule has 0 fully saturated rings. The standard InChI is InChI=1S/C16H18F2N2/c1-3-19-16(13-6-7-20-11(2)8-13)10-12-4-5-14(17)15(18)9-12/h4-9,16,19H,3,10H2,1-2H3. The molecule has 2 rings (SSSR count). The number of aromatic nitrogens is 1. The van der Waals surface area contributed by atoms with Gasteiger partial charge in [-0.15, -0.1) is 0 Å². The number of rotatable bonds is 5. The number of aryl methyl sites for hydroxylation is 1. The van der Waals surface area contributed by atoms with E-state index in [1.807, 2.05) is 26.0 Å². The molecular formula is C16H18F2N2. The molecule has 0 radical (unpaired) electrons. The van der Waals surface area contributed by atoms with Crippen molar-refractivity contribution in [2.24, 2.45) is 0 Å². The van der Waals surface area contributed by atoms with E-state index in [1.165, 1.54) is 12.1 Å². The zero-order valence-corrected chi connectivity index (χ0v) is 11.7. The van der Waals surface area contributed by atoms with Crippen LogP contribution in [0.2, 0.25) is 0 Å². The molecule has 2 aromatic rings. The number of pyridine rings is 1. The van der Waals surface area contributed by atoms with Gasteiger partial charge in [0.1, 0.15) is 0 Å². The van der Waals surface area contributed by atoms with E-state index in [4.69, 9.17) is 0 Å². The van der Waals surface area contributed by atoms with Crippen LogP contribution in [0.25, 0.3) is 0 Å². The maximum atomic E-state index is 13.3. The fraction of sp³-hybridized carbons (Fsp3) is 0.312. The minimum Gasteiger partial charge on any atom is -0.310 e. The number of nitrogens with zero attached hydrogens (tertiary/aromatic N) is 1. The molecular weight excluding hydrogens is 258 g/mol. The predicted molar refractivity (Wildman–Crippen MR) is 75.5 cm³/mol. The molecule has 0 aliphatic heterocycles. The van der Waals surface area contributed by atoms with Crippen LogP contribution >= 0.6 is 0 Å². The highest BCUT2D eigenvalue weighted by Gasteiger charge is 2.13. The zero-order chi connectivity index (χ0) is 14.5. The Labute approximate surface area is 117 Å². The Balaban J connectivity index is 2.22. The van der Waals surface area contributed by atoms with Crippen molar-refractivity contribution in [1.29, 1.82) is 0 Å². The summed E-state index contributed by atoms with van der Waals surface area (Å²) in [4.78, 5) is 4.18. The summed E-state index contributed by atoms with van der Waals surface area (Å²) in [6, 6.07) is 8.07. The smallest absolute Gasteiger partial charge is 0.159 e. The van der Waals surface area contributed by atoms with E-state index in [0.29, 0.717) is 6.42 Å². The zero-order valence-electron chi connectivity index (χ0n) is 11.7. The van der Waals surface area contributed by atoms with Crippen LogP contribution in [0.1, 0.15) is 29.8 Å². The number of hydrogen-bond acceptors (Lipinski definition) is 2. The molecule has 1 atom stereocenters. The third-order valence-electron chi connectivity index (χ3n) is 3.20. The highest BCUT2D eigenvalue weighted by molar-refractivity contribution is 5.25. The summed E-state index contributed by atoms with van der Waals surface area (Å²) < 4.78 is 26.2. The lowest BCUT2D eigenvalue weighted by atomic mass is 9.99. The average molecular weight is 276 g/mol. The molecule has 20 heavy (non-hydrogen) atoms. The second-order valence-electron chi connectivity index (χ2n) is 4.79. The number of halogens is 2. The largest absolute Gasteiger partial charge is 0.310 e. The minimum absolute atomic E-state index is 0.0616. The van der Waals surface area contributed by atoms with Gasteiger partial charge in [-0.2, -0.15) is 0 Å². The second-order valence-corrected chi connectivity index (χ2v) is 4.79. The summed E-state index contributed by atoms with van der Waals surface area (Å²) in [5, 5.41) is 3.36. The van der Waals surface area contributed by atoms with Crippen molar-refractivity contribution in [3.05, 3.63) is 65.0 Å². The number of hydrogen-bond donors (Lipinski definition) is 1. The van der Waals surface area contributed by atoms with E-state index in [-0.39, 0.29) is 6.04 Å². The Hall–Kier alpha value is -1.81. The van der Waals surface area contributed by atoms with Crippen molar-refractivity contribution < 1.29 is 8.78 Å². The van der Waals surface area contributed by atoms with Gasteiger partial charge in [0, 0.05) is 17.9 Å². The third-order valence-corrected chi connectivity index (χ3v) is 3.20. The van der Waals surface area contributed by atoms with E-state index in [1.54, 1.807) is 12.3 Å². The first-order chi connectivity index (χ1) is 9.60. The molecule has 0 aliphatic rings. The Morgan fingerprint density at radius 3 is 2.60 bits per heavy atom. The maximum Gasteiger partial charge on any atom is 0.159 e. The molecule has 2 nitrogen and oxygen atoms in total. The molecule has 1 aromatic carbocycles. The minimum atomic E-state index is -0.812. The number of likely N-dealkylation sites (N-methyl/N-ethyl adjacent to an activating group) is 1. The Morgan fingerprint density at radius 1 is 1.15 bits per heavy atom. The first-order valence-corrected chi connectivity index (χ1v) is 6.70. The maximum absolute atomic E-state index is 13.3. The van der Waals surface area contributed by atoms with Crippen molar-refractivity contribution in [1.82, 2.24) is 10.3 Å². The average Bonchev–Trinajstić information content (AvgIpc) is 2.42. The summed E-state index contributed by atoms with van der Waals surface area (Å²) in [5.41, 5.74) is 2.81. The summed E-state index contributed by atoms with van der Waals surface area (Å²) >= 11 is 0. The molecule has 0 saturated carbocycles. The highest BCUT2D eigenvalue weighted by atomic mass is 19.2. The van der Waals surface area contributed by atoms with Gasteiger partial charge in [0.25, 0.3) is 0 Å². The van der Waals surface area contributed by atoms with Gasteiger partial charge >= 0.3 is 0 Å². The monoisotopic (exact) mass is 276 g/mol. The fourth-order valence-electron chi connectivity index (χ4n) is 2.24. The molecule has 0 bridgehead atoms. The number of benzene rings is 1. The lowest BCUT2D eigenvalue weighted by Gasteiger charge is -2.19. The van der Waals surface area contributed by atoms with E-state index in [9.17, 15) is 8.78 Å². The molecule has 4 heteroatoms. The normalized spacial score (nSPS) is 12.4. The van der Waals surface area contributed by atoms with Crippen LogP contribution in [-0.2, 0) is 6.42 Å². The van der Waals surface area contributed by atoms with Gasteiger partial charge in [-0.25, -0.2) is 8.78 Å². The third kappa shape index (κ3) is 3.61. The van der Waals surface area contributed by atoms with Gasteiger partial charge < -0.3 is 5.32 Å². The van der Waals surface area contributed by atoms with Crippen LogP contribution in [0.4, 0.5) is 8.78 Å². The summed E-state index contributed by atoms with van der Waals surface area (Å²) in [6.07, 6.45) is 2.37. The lowest BCUT2D eigenvalue weighted by molar-refractivity contribution is 0.502. The molecule has 1 heterocycles. The van der Waals surface area contributed by atoms with Gasteiger partial charge in [0.15, 0.2) is 11.6 Å². The summed E-state index contributed by atoms with van der Waals surface area (Å²) in [6.45, 7) is 4.76. The predicted octanol–water partition coefficient (Wildman–Crippen LogP) is 3.56. The SMILES string of the molecule is CCNC(Cc1ccc(F)c(F)c1)c1ccnc(C)c1. The molecule has 0 amide bonds. The fourth-order valence-corrected chi connectivity index (χ4v) is 2.24. The van der Waals surface area contributed by atoms with Crippen molar-refractivity contribution >= 4 is 0 Å². The second kappa shape index (κ2) is 6.57. The lowest BCUT2D eigenvalue weighted by Crippen LogP contribution is -2.23. The van der Waals surface area contributed by atoms with Crippen LogP contribution < -0.4 is 5.32 Å². The van der Waals surface area contributed by atoms with Crippen molar-refractivity contribution in [2.45, 2.75) is 26.3 Å². The van der Waals surface area contributed by atoms with Gasteiger partial charge in [-0.3, -0.25) is 4.98 Å². The van der Waals surface area contributed by atoms with Gasteiger partial charge in [-0.05, 0) is 55.3 Å². The van der Waals surface area contributed by atoms with Gasteiger partial charge in [-0.1, -0.05) is 13.0 Å². The Morgan fingerprint density at radius 2 is 1.95 bits per heavy atom. The quantitative estimate of drug-likeness (QED) is 0.903. The van der Waals surface area contributed by atoms with Crippen LogP contribution in [0.15, 0.2) is 36.5 Å². The Kier molecular flexibility index (Phi) is 4.79. The van der Waals surface area contributed by atoms with E-state index >= 15 is 0 Å². The van der Waals surface area contributed by atoms with Gasteiger partial charge in [0.2, 0.25) is 0 Å². The van der Waals surface area contributed by atoms with E-state index in [2.05, 4.69) is 10.3 Å². The van der Waals surface area contributed by atoms with Crippen molar-refractivity contribution in [2.75, 3.05) is 6.54 Å². The summed E-state index contributed by atoms with van der Waals surface area (Å²) in [7, 11) is 0. The highest BCUT2D eigenvalue weighted by Crippen LogP contribution is 2.20. The molecule has 1 aromatic heterocycles. The molecule has 106 valence electrons. The van der Waals surface area contributed by atoms with Crippen LogP contribution in [0.3, 0.4) is 0 Å². The Bertz CT molecular complexity index is 584. The van der Waals surface area contributed by atoms with E-state index < -0.39 is 11.6 Å². The van der Waals surface area contributed by atoms with E-state index in [0.717, 1.165) is 23.4 Å². The number of nitrogens with one attached hydrogen (secondary N) is 1. The van der Waals surface area contributed by atoms with Crippen LogP contribution in [-0.4, -0.2) is 11.5 Å². The van der Waals surface area contributed by atoms with Crippen LogP contribution in [0.5, 0.6) is 0 Å². The van der Waals surface area contributed by atoms with Crippen LogP contribution in [0, 0.1) is 18.6 Å². The molecule has 0 spiro atoms. The molecule has 1 N–H and O–H groups in total.